The first-order valence-electron chi connectivity index (χ1n) is 9.14. The molecule has 0 aliphatic heterocycles. The van der Waals surface area contributed by atoms with Crippen LogP contribution in [-0.2, 0) is 9.53 Å². The highest BCUT2D eigenvalue weighted by Crippen LogP contribution is 2.34. The Kier molecular flexibility index (Phi) is 6.80. The van der Waals surface area contributed by atoms with Gasteiger partial charge in [-0.1, -0.05) is 42.8 Å². The molecule has 2 heterocycles. The van der Waals surface area contributed by atoms with Gasteiger partial charge < -0.3 is 9.15 Å². The van der Waals surface area contributed by atoms with Crippen LogP contribution in [0.5, 0.6) is 0 Å². The highest BCUT2D eigenvalue weighted by atomic mass is 35.5. The molecule has 0 aliphatic carbocycles. The van der Waals surface area contributed by atoms with E-state index in [2.05, 4.69) is 10.2 Å². The van der Waals surface area contributed by atoms with Gasteiger partial charge in [0.2, 0.25) is 5.82 Å². The summed E-state index contributed by atoms with van der Waals surface area (Å²) in [6.45, 7) is 6.17. The van der Waals surface area contributed by atoms with E-state index in [9.17, 15) is 4.79 Å². The largest absolute Gasteiger partial charge is 0.465 e. The Labute approximate surface area is 173 Å². The Bertz CT molecular complexity index is 940. The van der Waals surface area contributed by atoms with E-state index in [4.69, 9.17) is 20.8 Å². The fourth-order valence-electron chi connectivity index (χ4n) is 2.80. The summed E-state index contributed by atoms with van der Waals surface area (Å²) in [5.41, 5.74) is 1.84. The van der Waals surface area contributed by atoms with Crippen molar-refractivity contribution in [3.05, 3.63) is 47.2 Å². The van der Waals surface area contributed by atoms with E-state index in [1.54, 1.807) is 19.3 Å². The van der Waals surface area contributed by atoms with Gasteiger partial charge in [-0.2, -0.15) is 0 Å². The maximum atomic E-state index is 12.4. The van der Waals surface area contributed by atoms with E-state index >= 15 is 0 Å². The first kappa shape index (κ1) is 20.5. The molecule has 0 bridgehead atoms. The molecule has 148 valence electrons. The summed E-state index contributed by atoms with van der Waals surface area (Å²) in [6.07, 6.45) is 3.12. The summed E-state index contributed by atoms with van der Waals surface area (Å²) in [5.74, 6) is 0.894. The van der Waals surface area contributed by atoms with Crippen LogP contribution in [0, 0.1) is 6.92 Å². The predicted molar refractivity (Wildman–Crippen MR) is 110 cm³/mol. The maximum Gasteiger partial charge on any atom is 0.319 e. The fourth-order valence-corrected chi connectivity index (χ4v) is 4.12. The highest BCUT2D eigenvalue weighted by Gasteiger charge is 2.26. The summed E-state index contributed by atoms with van der Waals surface area (Å²) in [5, 5.41) is 9.50. The Morgan fingerprint density at radius 3 is 2.82 bits per heavy atom. The number of aryl methyl sites for hydroxylation is 1. The summed E-state index contributed by atoms with van der Waals surface area (Å²) >= 11 is 7.60. The molecule has 0 fully saturated rings. The van der Waals surface area contributed by atoms with Gasteiger partial charge in [-0.3, -0.25) is 9.36 Å². The van der Waals surface area contributed by atoms with Crippen LogP contribution in [-0.4, -0.2) is 32.6 Å². The number of hydrogen-bond acceptors (Lipinski definition) is 6. The van der Waals surface area contributed by atoms with Gasteiger partial charge in [0.25, 0.3) is 0 Å². The zero-order valence-electron chi connectivity index (χ0n) is 16.0. The number of aromatic nitrogens is 3. The molecule has 3 aromatic rings. The quantitative estimate of drug-likeness (QED) is 0.364. The summed E-state index contributed by atoms with van der Waals surface area (Å²) in [7, 11) is 0. The Balaban J connectivity index is 2.09. The molecular formula is C20H22ClN3O3S. The molecule has 2 aromatic heterocycles. The predicted octanol–water partition coefficient (Wildman–Crippen LogP) is 5.31. The van der Waals surface area contributed by atoms with Crippen molar-refractivity contribution >= 4 is 29.3 Å². The van der Waals surface area contributed by atoms with E-state index in [1.807, 2.05) is 42.7 Å². The number of rotatable bonds is 8. The highest BCUT2D eigenvalue weighted by molar-refractivity contribution is 8.00. The van der Waals surface area contributed by atoms with Crippen LogP contribution in [0.4, 0.5) is 0 Å². The number of carbonyl (C=O) groups excluding carboxylic acids is 1. The van der Waals surface area contributed by atoms with E-state index in [1.165, 1.54) is 11.8 Å². The smallest absolute Gasteiger partial charge is 0.319 e. The molecule has 6 nitrogen and oxygen atoms in total. The van der Waals surface area contributed by atoms with Crippen molar-refractivity contribution in [2.75, 3.05) is 6.61 Å². The monoisotopic (exact) mass is 419 g/mol. The topological polar surface area (TPSA) is 70.2 Å². The minimum atomic E-state index is -0.364. The standard InChI is InChI=1S/C20H22ClN3O3S/c1-4-7-17(19(25)26-5-2)28-20-23-22-18(16-8-6-11-27-16)24(20)15-12-14(21)10-9-13(15)3/h6,8-12,17H,4-5,7H2,1-3H3/t17-/m1/s1. The van der Waals surface area contributed by atoms with Crippen molar-refractivity contribution in [2.24, 2.45) is 0 Å². The van der Waals surface area contributed by atoms with Gasteiger partial charge in [0.1, 0.15) is 5.25 Å². The lowest BCUT2D eigenvalue weighted by Crippen LogP contribution is -2.21. The van der Waals surface area contributed by atoms with Crippen LogP contribution in [0.1, 0.15) is 32.3 Å². The van der Waals surface area contributed by atoms with Crippen LogP contribution in [0.25, 0.3) is 17.3 Å². The van der Waals surface area contributed by atoms with Crippen LogP contribution in [0.3, 0.4) is 0 Å². The molecule has 3 rings (SSSR count). The third-order valence-corrected chi connectivity index (χ3v) is 5.56. The zero-order valence-corrected chi connectivity index (χ0v) is 17.6. The fraction of sp³-hybridized carbons (Fsp3) is 0.350. The van der Waals surface area contributed by atoms with Crippen LogP contribution >= 0.6 is 23.4 Å². The third-order valence-electron chi connectivity index (χ3n) is 4.14. The van der Waals surface area contributed by atoms with Crippen LogP contribution in [0.2, 0.25) is 5.02 Å². The molecule has 0 amide bonds. The van der Waals surface area contributed by atoms with Gasteiger partial charge in [0.15, 0.2) is 10.9 Å². The van der Waals surface area contributed by atoms with E-state index in [0.29, 0.717) is 34.8 Å². The van der Waals surface area contributed by atoms with E-state index in [0.717, 1.165) is 17.7 Å². The number of benzene rings is 1. The third kappa shape index (κ3) is 4.42. The average molecular weight is 420 g/mol. The summed E-state index contributed by atoms with van der Waals surface area (Å²) in [4.78, 5) is 12.4. The summed E-state index contributed by atoms with van der Waals surface area (Å²) in [6, 6.07) is 9.25. The molecule has 0 radical (unpaired) electrons. The van der Waals surface area contributed by atoms with E-state index < -0.39 is 0 Å². The normalized spacial score (nSPS) is 12.1. The summed E-state index contributed by atoms with van der Waals surface area (Å²) < 4.78 is 12.7. The number of halogens is 1. The first-order valence-corrected chi connectivity index (χ1v) is 10.4. The van der Waals surface area contributed by atoms with E-state index in [-0.39, 0.29) is 11.2 Å². The minimum absolute atomic E-state index is 0.244. The van der Waals surface area contributed by atoms with Crippen molar-refractivity contribution in [1.29, 1.82) is 0 Å². The van der Waals surface area contributed by atoms with Gasteiger partial charge in [-0.15, -0.1) is 10.2 Å². The van der Waals surface area contributed by atoms with Gasteiger partial charge in [-0.05, 0) is 50.1 Å². The first-order chi connectivity index (χ1) is 13.5. The molecule has 0 N–H and O–H groups in total. The number of esters is 1. The number of thioether (sulfide) groups is 1. The molecular weight excluding hydrogens is 398 g/mol. The van der Waals surface area contributed by atoms with Gasteiger partial charge >= 0.3 is 5.97 Å². The molecule has 0 saturated heterocycles. The Hall–Kier alpha value is -2.25. The second-order valence-electron chi connectivity index (χ2n) is 6.20. The molecule has 0 aliphatic rings. The maximum absolute atomic E-state index is 12.4. The molecule has 1 atom stereocenters. The van der Waals surface area contributed by atoms with Crippen molar-refractivity contribution in [3.8, 4) is 17.3 Å². The lowest BCUT2D eigenvalue weighted by molar-refractivity contribution is -0.142. The van der Waals surface area contributed by atoms with Gasteiger partial charge in [-0.25, -0.2) is 0 Å². The minimum Gasteiger partial charge on any atom is -0.465 e. The molecule has 0 saturated carbocycles. The lowest BCUT2D eigenvalue weighted by Gasteiger charge is -2.16. The van der Waals surface area contributed by atoms with Crippen molar-refractivity contribution in [2.45, 2.75) is 44.0 Å². The molecule has 0 spiro atoms. The van der Waals surface area contributed by atoms with Crippen LogP contribution < -0.4 is 0 Å². The SMILES string of the molecule is CCC[C@@H](Sc1nnc(-c2ccco2)n1-c1cc(Cl)ccc1C)C(=O)OCC. The number of nitrogens with zero attached hydrogens (tertiary/aromatic N) is 3. The van der Waals surface area contributed by atoms with Crippen molar-refractivity contribution < 1.29 is 13.9 Å². The van der Waals surface area contributed by atoms with Crippen LogP contribution in [0.15, 0.2) is 46.2 Å². The van der Waals surface area contributed by atoms with Gasteiger partial charge in [0.05, 0.1) is 18.6 Å². The number of furan rings is 1. The molecule has 1 aromatic carbocycles. The Morgan fingerprint density at radius 1 is 1.32 bits per heavy atom. The lowest BCUT2D eigenvalue weighted by atomic mass is 10.2. The number of ether oxygens (including phenoxy) is 1. The molecule has 28 heavy (non-hydrogen) atoms. The second-order valence-corrected chi connectivity index (χ2v) is 7.80. The van der Waals surface area contributed by atoms with Gasteiger partial charge in [0, 0.05) is 5.02 Å². The number of hydrogen-bond donors (Lipinski definition) is 0. The number of carbonyl (C=O) groups is 1. The second kappa shape index (κ2) is 9.30. The van der Waals surface area contributed by atoms with Crippen molar-refractivity contribution in [3.63, 3.8) is 0 Å². The Morgan fingerprint density at radius 2 is 2.14 bits per heavy atom. The molecule has 8 heteroatoms. The average Bonchev–Trinajstić information content (AvgIpc) is 3.33. The van der Waals surface area contributed by atoms with Crippen molar-refractivity contribution in [1.82, 2.24) is 14.8 Å². The molecule has 0 unspecified atom stereocenters. The zero-order chi connectivity index (χ0) is 20.1.